The predicted octanol–water partition coefficient (Wildman–Crippen LogP) is 4.51. The van der Waals surface area contributed by atoms with Crippen LogP contribution in [-0.2, 0) is 27.4 Å². The molecule has 1 aromatic carbocycles. The minimum absolute atomic E-state index is 0.000398. The summed E-state index contributed by atoms with van der Waals surface area (Å²) in [6.07, 6.45) is 0. The first kappa shape index (κ1) is 27.5. The van der Waals surface area contributed by atoms with Crippen molar-refractivity contribution in [2.24, 2.45) is 0 Å². The van der Waals surface area contributed by atoms with E-state index in [4.69, 9.17) is 25.8 Å². The van der Waals surface area contributed by atoms with E-state index < -0.39 is 11.9 Å². The van der Waals surface area contributed by atoms with Crippen LogP contribution in [0.2, 0.25) is 5.02 Å². The SMILES string of the molecule is CCn1c(COc2ccc(Cl)cc2C)nnc1SCC(=O)Nc1sc(C(=O)OC)c(C)c1C(=O)OC. The summed E-state index contributed by atoms with van der Waals surface area (Å²) in [5, 5.41) is 12.5. The van der Waals surface area contributed by atoms with E-state index in [1.54, 1.807) is 19.1 Å². The van der Waals surface area contributed by atoms with Gasteiger partial charge in [0.25, 0.3) is 0 Å². The standard InChI is InChI=1S/C23H25ClN4O6S2/c1-6-28-16(10-34-15-8-7-14(24)9-12(15)2)26-27-23(28)35-11-17(29)25-20-18(21(30)32-4)13(3)19(36-20)22(31)33-5/h7-9H,6,10-11H2,1-5H3,(H,25,29). The van der Waals surface area contributed by atoms with E-state index in [9.17, 15) is 14.4 Å². The number of rotatable bonds is 10. The number of carbonyl (C=O) groups excluding carboxylic acids is 3. The minimum Gasteiger partial charge on any atom is -0.485 e. The van der Waals surface area contributed by atoms with Gasteiger partial charge in [0, 0.05) is 11.6 Å². The number of anilines is 1. The second kappa shape index (κ2) is 12.2. The Morgan fingerprint density at radius 1 is 1.14 bits per heavy atom. The average Bonchev–Trinajstić information content (AvgIpc) is 3.40. The molecule has 0 aliphatic carbocycles. The summed E-state index contributed by atoms with van der Waals surface area (Å²) in [5.74, 6) is -0.342. The van der Waals surface area contributed by atoms with E-state index in [2.05, 4.69) is 15.5 Å². The van der Waals surface area contributed by atoms with Crippen LogP contribution in [0.5, 0.6) is 5.75 Å². The molecule has 1 amide bonds. The number of methoxy groups -OCH3 is 2. The Kier molecular flexibility index (Phi) is 9.35. The van der Waals surface area contributed by atoms with Gasteiger partial charge in [0.05, 0.1) is 25.5 Å². The van der Waals surface area contributed by atoms with Crippen LogP contribution in [0.4, 0.5) is 5.00 Å². The summed E-state index contributed by atoms with van der Waals surface area (Å²) in [4.78, 5) is 37.2. The summed E-state index contributed by atoms with van der Waals surface area (Å²) < 4.78 is 17.3. The van der Waals surface area contributed by atoms with Gasteiger partial charge in [0.1, 0.15) is 22.2 Å². The number of thiophene rings is 1. The van der Waals surface area contributed by atoms with Crippen molar-refractivity contribution < 1.29 is 28.6 Å². The largest absolute Gasteiger partial charge is 0.485 e. The van der Waals surface area contributed by atoms with Crippen molar-refractivity contribution in [3.05, 3.63) is 50.6 Å². The molecule has 0 saturated carbocycles. The molecule has 13 heteroatoms. The van der Waals surface area contributed by atoms with Gasteiger partial charge in [-0.1, -0.05) is 23.4 Å². The van der Waals surface area contributed by atoms with Crippen molar-refractivity contribution in [1.82, 2.24) is 14.8 Å². The van der Waals surface area contributed by atoms with E-state index in [1.165, 1.54) is 26.0 Å². The normalized spacial score (nSPS) is 10.7. The van der Waals surface area contributed by atoms with Gasteiger partial charge >= 0.3 is 11.9 Å². The fraction of sp³-hybridized carbons (Fsp3) is 0.348. The summed E-state index contributed by atoms with van der Waals surface area (Å²) >= 11 is 8.14. The van der Waals surface area contributed by atoms with Crippen LogP contribution in [0.3, 0.4) is 0 Å². The highest BCUT2D eigenvalue weighted by Gasteiger charge is 2.27. The van der Waals surface area contributed by atoms with E-state index in [-0.39, 0.29) is 33.7 Å². The number of hydrogen-bond donors (Lipinski definition) is 1. The Balaban J connectivity index is 1.68. The molecule has 0 radical (unpaired) electrons. The van der Waals surface area contributed by atoms with Crippen molar-refractivity contribution in [1.29, 1.82) is 0 Å². The molecule has 0 saturated heterocycles. The fourth-order valence-electron chi connectivity index (χ4n) is 3.30. The lowest BCUT2D eigenvalue weighted by Gasteiger charge is -2.11. The molecule has 2 aromatic heterocycles. The number of aryl methyl sites for hydroxylation is 1. The number of halogens is 1. The molecule has 36 heavy (non-hydrogen) atoms. The van der Waals surface area contributed by atoms with Gasteiger partial charge in [0.2, 0.25) is 5.91 Å². The molecule has 3 aromatic rings. The summed E-state index contributed by atoms with van der Waals surface area (Å²) in [5.41, 5.74) is 1.41. The van der Waals surface area contributed by atoms with Crippen LogP contribution in [0.25, 0.3) is 0 Å². The number of nitrogens with zero attached hydrogens (tertiary/aromatic N) is 3. The zero-order valence-corrected chi connectivity index (χ0v) is 22.7. The summed E-state index contributed by atoms with van der Waals surface area (Å²) in [6, 6.07) is 5.37. The average molecular weight is 553 g/mol. The molecule has 2 heterocycles. The van der Waals surface area contributed by atoms with E-state index in [0.29, 0.717) is 33.9 Å². The highest BCUT2D eigenvalue weighted by atomic mass is 35.5. The lowest BCUT2D eigenvalue weighted by molar-refractivity contribution is -0.113. The number of benzene rings is 1. The lowest BCUT2D eigenvalue weighted by atomic mass is 10.1. The molecule has 0 fully saturated rings. The Labute approximate surface area is 221 Å². The maximum Gasteiger partial charge on any atom is 0.348 e. The predicted molar refractivity (Wildman–Crippen MR) is 137 cm³/mol. The van der Waals surface area contributed by atoms with Gasteiger partial charge in [-0.15, -0.1) is 21.5 Å². The molecule has 0 atom stereocenters. The third-order valence-electron chi connectivity index (χ3n) is 5.10. The molecule has 0 aliphatic rings. The zero-order chi connectivity index (χ0) is 26.4. The van der Waals surface area contributed by atoms with Crippen LogP contribution < -0.4 is 10.1 Å². The molecule has 1 N–H and O–H groups in total. The first-order chi connectivity index (χ1) is 17.2. The van der Waals surface area contributed by atoms with Gasteiger partial charge in [-0.2, -0.15) is 0 Å². The topological polar surface area (TPSA) is 122 Å². The number of hydrogen-bond acceptors (Lipinski definition) is 10. The molecule has 0 unspecified atom stereocenters. The quantitative estimate of drug-likeness (QED) is 0.286. The monoisotopic (exact) mass is 552 g/mol. The van der Waals surface area contributed by atoms with Crippen LogP contribution in [0, 0.1) is 13.8 Å². The first-order valence-corrected chi connectivity index (χ1v) is 12.9. The lowest BCUT2D eigenvalue weighted by Crippen LogP contribution is -2.16. The van der Waals surface area contributed by atoms with Crippen LogP contribution >= 0.6 is 34.7 Å². The van der Waals surface area contributed by atoms with E-state index in [0.717, 1.165) is 16.9 Å². The molecule has 192 valence electrons. The second-order valence-electron chi connectivity index (χ2n) is 7.42. The van der Waals surface area contributed by atoms with Crippen molar-refractivity contribution in [3.63, 3.8) is 0 Å². The van der Waals surface area contributed by atoms with Crippen molar-refractivity contribution in [2.75, 3.05) is 25.3 Å². The molecular weight excluding hydrogens is 528 g/mol. The molecule has 10 nitrogen and oxygen atoms in total. The molecular formula is C23H25ClN4O6S2. The summed E-state index contributed by atoms with van der Waals surface area (Å²) in [6.45, 7) is 6.21. The van der Waals surface area contributed by atoms with Gasteiger partial charge < -0.3 is 24.1 Å². The maximum absolute atomic E-state index is 12.7. The third-order valence-corrected chi connectivity index (χ3v) is 7.48. The Hall–Kier alpha value is -3.09. The van der Waals surface area contributed by atoms with Crippen LogP contribution in [0.1, 0.15) is 43.9 Å². The number of nitrogens with one attached hydrogen (secondary N) is 1. The second-order valence-corrected chi connectivity index (χ2v) is 9.82. The van der Waals surface area contributed by atoms with Crippen LogP contribution in [-0.4, -0.2) is 52.6 Å². The smallest absolute Gasteiger partial charge is 0.348 e. The van der Waals surface area contributed by atoms with Gasteiger partial charge in [-0.25, -0.2) is 9.59 Å². The van der Waals surface area contributed by atoms with E-state index >= 15 is 0 Å². The number of aromatic nitrogens is 3. The van der Waals surface area contributed by atoms with E-state index in [1.807, 2.05) is 24.5 Å². The summed E-state index contributed by atoms with van der Waals surface area (Å²) in [7, 11) is 2.47. The fourth-order valence-corrected chi connectivity index (χ4v) is 5.47. The van der Waals surface area contributed by atoms with Crippen molar-refractivity contribution in [2.45, 2.75) is 39.1 Å². The minimum atomic E-state index is -0.659. The number of esters is 2. The Morgan fingerprint density at radius 2 is 1.86 bits per heavy atom. The highest BCUT2D eigenvalue weighted by molar-refractivity contribution is 7.99. The molecule has 0 bridgehead atoms. The first-order valence-electron chi connectivity index (χ1n) is 10.7. The number of amides is 1. The molecule has 0 spiro atoms. The van der Waals surface area contributed by atoms with Crippen molar-refractivity contribution in [3.8, 4) is 5.75 Å². The molecule has 0 aliphatic heterocycles. The highest BCUT2D eigenvalue weighted by Crippen LogP contribution is 2.34. The van der Waals surface area contributed by atoms with Gasteiger partial charge in [0.15, 0.2) is 11.0 Å². The number of thioether (sulfide) groups is 1. The van der Waals surface area contributed by atoms with Crippen LogP contribution in [0.15, 0.2) is 23.4 Å². The Morgan fingerprint density at radius 3 is 2.50 bits per heavy atom. The molecule has 3 rings (SSSR count). The van der Waals surface area contributed by atoms with Crippen molar-refractivity contribution >= 4 is 57.5 Å². The zero-order valence-electron chi connectivity index (χ0n) is 20.3. The third kappa shape index (κ3) is 6.18. The van der Waals surface area contributed by atoms with Gasteiger partial charge in [-0.05, 0) is 50.1 Å². The maximum atomic E-state index is 12.7. The number of ether oxygens (including phenoxy) is 3. The Bertz CT molecular complexity index is 1290. The van der Waals surface area contributed by atoms with Gasteiger partial charge in [-0.3, -0.25) is 4.79 Å². The number of carbonyl (C=O) groups is 3.